The summed E-state index contributed by atoms with van der Waals surface area (Å²) in [5, 5.41) is 6.10. The summed E-state index contributed by atoms with van der Waals surface area (Å²) in [6.45, 7) is 6.03. The average molecular weight is 388 g/mol. The molecule has 28 heavy (non-hydrogen) atoms. The molecule has 154 valence electrons. The highest BCUT2D eigenvalue weighted by Crippen LogP contribution is 2.18. The maximum atomic E-state index is 11.6. The van der Waals surface area contributed by atoms with Gasteiger partial charge in [-0.25, -0.2) is 0 Å². The zero-order valence-electron chi connectivity index (χ0n) is 16.8. The number of hydrogen-bond acceptors (Lipinski definition) is 4. The van der Waals surface area contributed by atoms with Gasteiger partial charge >= 0.3 is 0 Å². The quantitative estimate of drug-likeness (QED) is 0.415. The van der Waals surface area contributed by atoms with Crippen LogP contribution >= 0.6 is 0 Å². The zero-order valence-corrected chi connectivity index (χ0v) is 16.8. The fourth-order valence-electron chi connectivity index (χ4n) is 3.51. The van der Waals surface area contributed by atoms with E-state index in [1.165, 1.54) is 24.9 Å². The van der Waals surface area contributed by atoms with Gasteiger partial charge in [0, 0.05) is 18.6 Å². The Morgan fingerprint density at radius 3 is 2.79 bits per heavy atom. The molecular weight excluding hydrogens is 354 g/mol. The molecule has 0 bridgehead atoms. The zero-order chi connectivity index (χ0) is 19.8. The van der Waals surface area contributed by atoms with E-state index in [4.69, 9.17) is 10.5 Å². The fourth-order valence-corrected chi connectivity index (χ4v) is 3.51. The van der Waals surface area contributed by atoms with E-state index in [2.05, 4.69) is 27.4 Å². The lowest BCUT2D eigenvalue weighted by molar-refractivity contribution is -0.123. The summed E-state index contributed by atoms with van der Waals surface area (Å²) in [5.74, 6) is 1.18. The smallest absolute Gasteiger partial charge is 0.258 e. The Bertz CT molecular complexity index is 657. The summed E-state index contributed by atoms with van der Waals surface area (Å²) in [6.07, 6.45) is 5.49. The molecule has 1 aromatic carbocycles. The number of benzene rings is 1. The lowest BCUT2D eigenvalue weighted by atomic mass is 10.1. The third-order valence-corrected chi connectivity index (χ3v) is 5.33. The van der Waals surface area contributed by atoms with Crippen molar-refractivity contribution in [3.05, 3.63) is 29.8 Å². The molecule has 4 N–H and O–H groups in total. The van der Waals surface area contributed by atoms with Crippen molar-refractivity contribution in [3.8, 4) is 5.75 Å². The van der Waals surface area contributed by atoms with E-state index in [0.29, 0.717) is 23.8 Å². The standard InChI is InChI=1S/C21H33N5O2/c1-2-26-13-3-4-18(26)14-24-21(22)23-12-11-16-5-9-19(10-6-16)28-15-20(27)25-17-7-8-17/h5-6,9-10,17-18H,2-4,7-8,11-15H2,1H3,(H,25,27)(H3,22,23,24). The number of carbonyl (C=O) groups is 1. The van der Waals surface area contributed by atoms with Crippen molar-refractivity contribution in [2.45, 2.75) is 51.1 Å². The normalized spacial score (nSPS) is 20.2. The molecule has 1 amide bonds. The van der Waals surface area contributed by atoms with Crippen LogP contribution in [0.3, 0.4) is 0 Å². The van der Waals surface area contributed by atoms with E-state index in [9.17, 15) is 4.79 Å². The number of nitrogens with zero attached hydrogens (tertiary/aromatic N) is 2. The van der Waals surface area contributed by atoms with Crippen LogP contribution in [0.2, 0.25) is 0 Å². The van der Waals surface area contributed by atoms with Crippen LogP contribution in [0.1, 0.15) is 38.2 Å². The molecule has 1 aliphatic heterocycles. The summed E-state index contributed by atoms with van der Waals surface area (Å²) in [4.78, 5) is 18.6. The van der Waals surface area contributed by atoms with Crippen molar-refractivity contribution >= 4 is 11.9 Å². The van der Waals surface area contributed by atoms with Crippen LogP contribution in [0.15, 0.2) is 29.3 Å². The van der Waals surface area contributed by atoms with Crippen LogP contribution in [0.5, 0.6) is 5.75 Å². The van der Waals surface area contributed by atoms with Gasteiger partial charge in [0.15, 0.2) is 12.6 Å². The summed E-state index contributed by atoms with van der Waals surface area (Å²) in [6, 6.07) is 8.73. The van der Waals surface area contributed by atoms with Gasteiger partial charge in [0.25, 0.3) is 5.91 Å². The minimum atomic E-state index is -0.0507. The predicted molar refractivity (Wildman–Crippen MR) is 112 cm³/mol. The van der Waals surface area contributed by atoms with E-state index in [-0.39, 0.29) is 12.5 Å². The molecule has 1 aliphatic carbocycles. The van der Waals surface area contributed by atoms with Crippen molar-refractivity contribution in [1.29, 1.82) is 0 Å². The van der Waals surface area contributed by atoms with Crippen LogP contribution in [-0.2, 0) is 11.2 Å². The van der Waals surface area contributed by atoms with Gasteiger partial charge < -0.3 is 21.1 Å². The van der Waals surface area contributed by atoms with Crippen molar-refractivity contribution in [2.75, 3.05) is 32.8 Å². The number of aliphatic imine (C=N–C) groups is 1. The van der Waals surface area contributed by atoms with Gasteiger partial charge in [-0.15, -0.1) is 0 Å². The molecule has 1 aromatic rings. The Balaban J connectivity index is 1.32. The van der Waals surface area contributed by atoms with Crippen LogP contribution in [0, 0.1) is 0 Å². The van der Waals surface area contributed by atoms with Crippen molar-refractivity contribution in [1.82, 2.24) is 15.5 Å². The Hall–Kier alpha value is -2.28. The first-order chi connectivity index (χ1) is 13.6. The average Bonchev–Trinajstić information content (AvgIpc) is 3.39. The molecule has 1 atom stereocenters. The molecule has 0 radical (unpaired) electrons. The lowest BCUT2D eigenvalue weighted by Crippen LogP contribution is -2.36. The maximum absolute atomic E-state index is 11.6. The fraction of sp³-hybridized carbons (Fsp3) is 0.619. The molecule has 2 aliphatic rings. The molecule has 0 spiro atoms. The van der Waals surface area contributed by atoms with Crippen molar-refractivity contribution in [2.24, 2.45) is 10.7 Å². The van der Waals surface area contributed by atoms with Crippen molar-refractivity contribution in [3.63, 3.8) is 0 Å². The largest absolute Gasteiger partial charge is 0.484 e. The second-order valence-corrected chi connectivity index (χ2v) is 7.60. The Labute approximate surface area is 167 Å². The summed E-state index contributed by atoms with van der Waals surface area (Å²) >= 11 is 0. The molecule has 3 rings (SSSR count). The lowest BCUT2D eigenvalue weighted by Gasteiger charge is -2.20. The van der Waals surface area contributed by atoms with E-state index in [1.54, 1.807) is 0 Å². The van der Waals surface area contributed by atoms with Gasteiger partial charge in [-0.3, -0.25) is 14.7 Å². The SMILES string of the molecule is CCN1CCCC1CN=C(N)NCCc1ccc(OCC(=O)NC2CC2)cc1. The Kier molecular flexibility index (Phi) is 7.54. The Morgan fingerprint density at radius 2 is 2.07 bits per heavy atom. The van der Waals surface area contributed by atoms with Crippen molar-refractivity contribution < 1.29 is 9.53 Å². The number of likely N-dealkylation sites (N-methyl/N-ethyl adjacent to an activating group) is 1. The van der Waals surface area contributed by atoms with E-state index >= 15 is 0 Å². The molecule has 1 unspecified atom stereocenters. The summed E-state index contributed by atoms with van der Waals surface area (Å²) in [5.41, 5.74) is 7.18. The number of guanidine groups is 1. The molecular formula is C21H33N5O2. The topological polar surface area (TPSA) is 92.0 Å². The number of carbonyl (C=O) groups excluding carboxylic acids is 1. The second kappa shape index (κ2) is 10.3. The highest BCUT2D eigenvalue weighted by Gasteiger charge is 2.23. The highest BCUT2D eigenvalue weighted by molar-refractivity contribution is 5.78. The first-order valence-electron chi connectivity index (χ1n) is 10.4. The first-order valence-corrected chi connectivity index (χ1v) is 10.4. The highest BCUT2D eigenvalue weighted by atomic mass is 16.5. The van der Waals surface area contributed by atoms with Gasteiger partial charge in [-0.2, -0.15) is 0 Å². The minimum absolute atomic E-state index is 0.0507. The number of nitrogens with two attached hydrogens (primary N) is 1. The first kappa shape index (κ1) is 20.5. The predicted octanol–water partition coefficient (Wildman–Crippen LogP) is 1.28. The number of nitrogens with one attached hydrogen (secondary N) is 2. The van der Waals surface area contributed by atoms with E-state index < -0.39 is 0 Å². The third kappa shape index (κ3) is 6.71. The van der Waals surface area contributed by atoms with Gasteiger partial charge in [0.2, 0.25) is 0 Å². The minimum Gasteiger partial charge on any atom is -0.484 e. The van der Waals surface area contributed by atoms with Crippen LogP contribution in [0.25, 0.3) is 0 Å². The molecule has 2 fully saturated rings. The number of amides is 1. The molecule has 1 saturated heterocycles. The van der Waals surface area contributed by atoms with Crippen LogP contribution in [-0.4, -0.2) is 61.6 Å². The maximum Gasteiger partial charge on any atom is 0.258 e. The summed E-state index contributed by atoms with van der Waals surface area (Å²) < 4.78 is 5.52. The number of rotatable bonds is 10. The number of likely N-dealkylation sites (tertiary alicyclic amines) is 1. The van der Waals surface area contributed by atoms with Gasteiger partial charge in [-0.05, 0) is 62.9 Å². The van der Waals surface area contributed by atoms with E-state index in [0.717, 1.165) is 38.9 Å². The third-order valence-electron chi connectivity index (χ3n) is 5.33. The van der Waals surface area contributed by atoms with E-state index in [1.807, 2.05) is 24.3 Å². The van der Waals surface area contributed by atoms with Gasteiger partial charge in [0.05, 0.1) is 6.54 Å². The monoisotopic (exact) mass is 387 g/mol. The number of ether oxygens (including phenoxy) is 1. The molecule has 1 heterocycles. The van der Waals surface area contributed by atoms with Crippen LogP contribution in [0.4, 0.5) is 0 Å². The van der Waals surface area contributed by atoms with Gasteiger partial charge in [0.1, 0.15) is 5.75 Å². The molecule has 1 saturated carbocycles. The Morgan fingerprint density at radius 1 is 1.29 bits per heavy atom. The molecule has 7 heteroatoms. The van der Waals surface area contributed by atoms with Crippen LogP contribution < -0.4 is 21.1 Å². The second-order valence-electron chi connectivity index (χ2n) is 7.60. The van der Waals surface area contributed by atoms with Gasteiger partial charge in [-0.1, -0.05) is 19.1 Å². The number of hydrogen-bond donors (Lipinski definition) is 3. The molecule has 7 nitrogen and oxygen atoms in total. The molecule has 0 aromatic heterocycles. The summed E-state index contributed by atoms with van der Waals surface area (Å²) in [7, 11) is 0.